The third-order valence-electron chi connectivity index (χ3n) is 3.09. The molecule has 1 heterocycles. The van der Waals surface area contributed by atoms with Crippen LogP contribution in [0.25, 0.3) is 0 Å². The summed E-state index contributed by atoms with van der Waals surface area (Å²) in [5.74, 6) is -0.653. The highest BCUT2D eigenvalue weighted by Crippen LogP contribution is 2.17. The average molecular weight is 267 g/mol. The Morgan fingerprint density at radius 1 is 1.37 bits per heavy atom. The Balaban J connectivity index is 1.89. The van der Waals surface area contributed by atoms with Gasteiger partial charge in [-0.2, -0.15) is 0 Å². The van der Waals surface area contributed by atoms with Crippen molar-refractivity contribution in [2.24, 2.45) is 0 Å². The number of hydrogen-bond donors (Lipinski definition) is 1. The maximum absolute atomic E-state index is 13.8. The summed E-state index contributed by atoms with van der Waals surface area (Å²) >= 11 is 0. The fourth-order valence-corrected chi connectivity index (χ4v) is 2.12. The first kappa shape index (κ1) is 13.8. The van der Waals surface area contributed by atoms with Gasteiger partial charge in [-0.15, -0.1) is 5.06 Å². The molecule has 0 bridgehead atoms. The summed E-state index contributed by atoms with van der Waals surface area (Å²) < 4.78 is 13.8. The number of halogens is 1. The van der Waals surface area contributed by atoms with Gasteiger partial charge in [-0.1, -0.05) is 12.1 Å². The SMILES string of the molecule is CC(=O)ON1CCN(Cc2cccc(N)c2F)CC1. The minimum Gasteiger partial charge on any atom is -0.396 e. The minimum atomic E-state index is -0.343. The van der Waals surface area contributed by atoms with E-state index in [2.05, 4.69) is 4.90 Å². The number of carbonyl (C=O) groups is 1. The van der Waals surface area contributed by atoms with E-state index in [1.165, 1.54) is 6.92 Å². The Morgan fingerprint density at radius 3 is 2.68 bits per heavy atom. The average Bonchev–Trinajstić information content (AvgIpc) is 2.37. The molecule has 2 rings (SSSR count). The van der Waals surface area contributed by atoms with Gasteiger partial charge in [0.25, 0.3) is 0 Å². The highest BCUT2D eigenvalue weighted by atomic mass is 19.1. The molecule has 0 amide bonds. The maximum atomic E-state index is 13.8. The lowest BCUT2D eigenvalue weighted by Gasteiger charge is -2.33. The molecule has 0 radical (unpaired) electrons. The van der Waals surface area contributed by atoms with Gasteiger partial charge in [-0.3, -0.25) is 9.69 Å². The van der Waals surface area contributed by atoms with Crippen molar-refractivity contribution in [1.82, 2.24) is 9.96 Å². The minimum absolute atomic E-state index is 0.177. The van der Waals surface area contributed by atoms with Crippen molar-refractivity contribution < 1.29 is 14.0 Å². The van der Waals surface area contributed by atoms with Crippen LogP contribution in [-0.4, -0.2) is 42.1 Å². The number of piperazine rings is 1. The first-order valence-corrected chi connectivity index (χ1v) is 6.25. The largest absolute Gasteiger partial charge is 0.396 e. The van der Waals surface area contributed by atoms with E-state index in [1.807, 2.05) is 0 Å². The number of rotatable bonds is 3. The highest BCUT2D eigenvalue weighted by Gasteiger charge is 2.20. The van der Waals surface area contributed by atoms with Crippen LogP contribution in [0.15, 0.2) is 18.2 Å². The lowest BCUT2D eigenvalue weighted by atomic mass is 10.1. The fourth-order valence-electron chi connectivity index (χ4n) is 2.12. The molecule has 0 atom stereocenters. The molecular weight excluding hydrogens is 249 g/mol. The number of hydroxylamine groups is 2. The Morgan fingerprint density at radius 2 is 2.05 bits per heavy atom. The summed E-state index contributed by atoms with van der Waals surface area (Å²) in [6.07, 6.45) is 0. The predicted molar refractivity (Wildman–Crippen MR) is 69.4 cm³/mol. The number of hydrogen-bond acceptors (Lipinski definition) is 5. The third kappa shape index (κ3) is 3.65. The standard InChI is InChI=1S/C13H18FN3O2/c1-10(18)19-17-7-5-16(6-8-17)9-11-3-2-4-12(15)13(11)14/h2-4H,5-9,15H2,1H3. The summed E-state index contributed by atoms with van der Waals surface area (Å²) in [6, 6.07) is 5.05. The van der Waals surface area contributed by atoms with Crippen LogP contribution in [0.1, 0.15) is 12.5 Å². The molecule has 1 aliphatic heterocycles. The second-order valence-corrected chi connectivity index (χ2v) is 4.61. The molecule has 0 unspecified atom stereocenters. The molecule has 104 valence electrons. The molecule has 0 spiro atoms. The van der Waals surface area contributed by atoms with Crippen molar-refractivity contribution in [1.29, 1.82) is 0 Å². The molecule has 1 aromatic rings. The second kappa shape index (κ2) is 5.99. The van der Waals surface area contributed by atoms with Crippen LogP contribution in [0.3, 0.4) is 0 Å². The number of anilines is 1. The fraction of sp³-hybridized carbons (Fsp3) is 0.462. The molecule has 0 saturated carbocycles. The number of benzene rings is 1. The van der Waals surface area contributed by atoms with Gasteiger partial charge in [0, 0.05) is 45.2 Å². The van der Waals surface area contributed by atoms with Crippen molar-refractivity contribution in [3.8, 4) is 0 Å². The zero-order valence-corrected chi connectivity index (χ0v) is 10.9. The summed E-state index contributed by atoms with van der Waals surface area (Å²) in [5, 5.41) is 1.63. The molecule has 2 N–H and O–H groups in total. The Labute approximate surface area is 111 Å². The predicted octanol–water partition coefficient (Wildman–Crippen LogP) is 1.00. The summed E-state index contributed by atoms with van der Waals surface area (Å²) in [7, 11) is 0. The Kier molecular flexibility index (Phi) is 4.34. The van der Waals surface area contributed by atoms with Crippen LogP contribution in [0.4, 0.5) is 10.1 Å². The highest BCUT2D eigenvalue weighted by molar-refractivity contribution is 5.65. The third-order valence-corrected chi connectivity index (χ3v) is 3.09. The van der Waals surface area contributed by atoms with E-state index in [9.17, 15) is 9.18 Å². The van der Waals surface area contributed by atoms with E-state index in [1.54, 1.807) is 23.3 Å². The maximum Gasteiger partial charge on any atom is 0.322 e. The van der Waals surface area contributed by atoms with Crippen molar-refractivity contribution in [3.63, 3.8) is 0 Å². The lowest BCUT2D eigenvalue weighted by molar-refractivity contribution is -0.195. The Hall–Kier alpha value is -1.66. The topological polar surface area (TPSA) is 58.8 Å². The lowest BCUT2D eigenvalue weighted by Crippen LogP contribution is -2.46. The molecule has 0 aliphatic carbocycles. The number of nitrogens with zero attached hydrogens (tertiary/aromatic N) is 2. The van der Waals surface area contributed by atoms with Crippen molar-refractivity contribution in [3.05, 3.63) is 29.6 Å². The van der Waals surface area contributed by atoms with Crippen LogP contribution in [0, 0.1) is 5.82 Å². The molecule has 1 fully saturated rings. The van der Waals surface area contributed by atoms with Crippen LogP contribution in [0.5, 0.6) is 0 Å². The summed E-state index contributed by atoms with van der Waals surface area (Å²) in [6.45, 7) is 4.61. The zero-order valence-electron chi connectivity index (χ0n) is 10.9. The number of nitrogen functional groups attached to an aromatic ring is 1. The van der Waals surface area contributed by atoms with E-state index in [4.69, 9.17) is 10.6 Å². The van der Waals surface area contributed by atoms with Crippen LogP contribution in [0.2, 0.25) is 0 Å². The summed E-state index contributed by atoms with van der Waals surface area (Å²) in [5.41, 5.74) is 6.32. The first-order valence-electron chi connectivity index (χ1n) is 6.25. The van der Waals surface area contributed by atoms with E-state index in [-0.39, 0.29) is 17.5 Å². The smallest absolute Gasteiger partial charge is 0.322 e. The molecule has 6 heteroatoms. The van der Waals surface area contributed by atoms with Gasteiger partial charge in [0.15, 0.2) is 5.82 Å². The van der Waals surface area contributed by atoms with E-state index in [0.717, 1.165) is 13.1 Å². The van der Waals surface area contributed by atoms with Gasteiger partial charge >= 0.3 is 5.97 Å². The normalized spacial score (nSPS) is 17.4. The number of nitrogens with two attached hydrogens (primary N) is 1. The van der Waals surface area contributed by atoms with E-state index in [0.29, 0.717) is 25.2 Å². The van der Waals surface area contributed by atoms with Crippen molar-refractivity contribution in [2.45, 2.75) is 13.5 Å². The summed E-state index contributed by atoms with van der Waals surface area (Å²) in [4.78, 5) is 17.9. The van der Waals surface area contributed by atoms with Gasteiger partial charge in [0.1, 0.15) is 0 Å². The van der Waals surface area contributed by atoms with Gasteiger partial charge in [-0.25, -0.2) is 4.39 Å². The molecular formula is C13H18FN3O2. The Bertz CT molecular complexity index is 459. The number of carbonyl (C=O) groups excluding carboxylic acids is 1. The molecule has 1 aromatic carbocycles. The van der Waals surface area contributed by atoms with Crippen molar-refractivity contribution >= 4 is 11.7 Å². The monoisotopic (exact) mass is 267 g/mol. The molecule has 1 aliphatic rings. The van der Waals surface area contributed by atoms with Crippen LogP contribution < -0.4 is 5.73 Å². The van der Waals surface area contributed by atoms with E-state index < -0.39 is 0 Å². The molecule has 5 nitrogen and oxygen atoms in total. The van der Waals surface area contributed by atoms with Gasteiger partial charge in [0.05, 0.1) is 5.69 Å². The zero-order chi connectivity index (χ0) is 13.8. The first-order chi connectivity index (χ1) is 9.06. The quantitative estimate of drug-likeness (QED) is 0.828. The van der Waals surface area contributed by atoms with Gasteiger partial charge < -0.3 is 10.6 Å². The van der Waals surface area contributed by atoms with Crippen LogP contribution >= 0.6 is 0 Å². The van der Waals surface area contributed by atoms with Crippen molar-refractivity contribution in [2.75, 3.05) is 31.9 Å². The van der Waals surface area contributed by atoms with Gasteiger partial charge in [-0.05, 0) is 6.07 Å². The van der Waals surface area contributed by atoms with Crippen LogP contribution in [-0.2, 0) is 16.2 Å². The molecule has 0 aromatic heterocycles. The molecule has 1 saturated heterocycles. The van der Waals surface area contributed by atoms with Gasteiger partial charge in [0.2, 0.25) is 0 Å². The van der Waals surface area contributed by atoms with E-state index >= 15 is 0 Å². The second-order valence-electron chi connectivity index (χ2n) is 4.61. The molecule has 19 heavy (non-hydrogen) atoms.